The van der Waals surface area contributed by atoms with Gasteiger partial charge in [0.15, 0.2) is 0 Å². The molecular formula is C35H44N8O7. The summed E-state index contributed by atoms with van der Waals surface area (Å²) in [4.78, 5) is 67.8. The molecule has 3 aromatic rings. The Bertz CT molecular complexity index is 1670. The summed E-state index contributed by atoms with van der Waals surface area (Å²) in [5.41, 5.74) is 2.51. The molecule has 2 aliphatic rings. The number of rotatable bonds is 3. The van der Waals surface area contributed by atoms with Gasteiger partial charge in [-0.3, -0.25) is 24.0 Å². The summed E-state index contributed by atoms with van der Waals surface area (Å²) in [6.07, 6.45) is 0.672. The summed E-state index contributed by atoms with van der Waals surface area (Å²) in [7, 11) is 0. The number of carbonyl (C=O) groups excluding carboxylic acids is 5. The van der Waals surface area contributed by atoms with Gasteiger partial charge >= 0.3 is 0 Å². The van der Waals surface area contributed by atoms with Gasteiger partial charge in [-0.2, -0.15) is 0 Å². The summed E-state index contributed by atoms with van der Waals surface area (Å²) in [5, 5.41) is 29.5. The van der Waals surface area contributed by atoms with Gasteiger partial charge in [-0.25, -0.2) is 4.68 Å². The number of fused-ring (bicyclic) bond motifs is 3. The van der Waals surface area contributed by atoms with Crippen molar-refractivity contribution in [2.45, 2.75) is 64.4 Å². The van der Waals surface area contributed by atoms with Crippen LogP contribution in [-0.2, 0) is 41.7 Å². The molecule has 0 aliphatic carbocycles. The molecule has 0 radical (unpaired) electrons. The van der Waals surface area contributed by atoms with Gasteiger partial charge in [-0.15, -0.1) is 5.10 Å². The highest BCUT2D eigenvalue weighted by Gasteiger charge is 2.45. The molecule has 1 saturated heterocycles. The second-order valence-electron chi connectivity index (χ2n) is 13.6. The molecular weight excluding hydrogens is 644 g/mol. The number of nitrogens with zero attached hydrogens (tertiary/aromatic N) is 4. The highest BCUT2D eigenvalue weighted by molar-refractivity contribution is 5.95. The predicted molar refractivity (Wildman–Crippen MR) is 181 cm³/mol. The Morgan fingerprint density at radius 1 is 0.880 bits per heavy atom. The van der Waals surface area contributed by atoms with E-state index in [0.29, 0.717) is 5.69 Å². The Labute approximate surface area is 290 Å². The maximum absolute atomic E-state index is 14.2. The van der Waals surface area contributed by atoms with Gasteiger partial charge in [0, 0.05) is 25.9 Å². The average Bonchev–Trinajstić information content (AvgIpc) is 3.72. The molecule has 2 aromatic carbocycles. The Morgan fingerprint density at radius 2 is 1.56 bits per heavy atom. The van der Waals surface area contributed by atoms with Crippen molar-refractivity contribution in [2.75, 3.05) is 32.8 Å². The fourth-order valence-electron chi connectivity index (χ4n) is 6.06. The highest BCUT2D eigenvalue weighted by Crippen LogP contribution is 2.34. The molecule has 0 spiro atoms. The quantitative estimate of drug-likeness (QED) is 0.254. The lowest BCUT2D eigenvalue weighted by Gasteiger charge is -2.35. The molecule has 5 N–H and O–H groups in total. The van der Waals surface area contributed by atoms with Crippen LogP contribution in [0.15, 0.2) is 60.8 Å². The van der Waals surface area contributed by atoms with Crippen molar-refractivity contribution in [1.82, 2.24) is 41.2 Å². The van der Waals surface area contributed by atoms with E-state index < -0.39 is 65.7 Å². The van der Waals surface area contributed by atoms with Crippen molar-refractivity contribution >= 4 is 29.5 Å². The van der Waals surface area contributed by atoms with Crippen LogP contribution in [0.2, 0.25) is 0 Å². The molecule has 266 valence electrons. The fraction of sp³-hybridized carbons (Fsp3) is 0.457. The summed E-state index contributed by atoms with van der Waals surface area (Å²) < 4.78 is 7.04. The van der Waals surface area contributed by atoms with Crippen molar-refractivity contribution < 1.29 is 33.8 Å². The first kappa shape index (κ1) is 36.1. The first-order valence-electron chi connectivity index (χ1n) is 16.6. The number of ether oxygens (including phenoxy) is 1. The maximum Gasteiger partial charge on any atom is 0.248 e. The van der Waals surface area contributed by atoms with E-state index in [1.54, 1.807) is 6.20 Å². The van der Waals surface area contributed by atoms with E-state index in [1.165, 1.54) is 9.58 Å². The summed E-state index contributed by atoms with van der Waals surface area (Å²) in [6, 6.07) is 14.2. The number of hydrogen-bond acceptors (Lipinski definition) is 9. The predicted octanol–water partition coefficient (Wildman–Crippen LogP) is 0.100. The van der Waals surface area contributed by atoms with Gasteiger partial charge in [0.25, 0.3) is 0 Å². The number of nitrogens with one attached hydrogen (secondary N) is 4. The van der Waals surface area contributed by atoms with Crippen molar-refractivity contribution in [3.8, 4) is 11.1 Å². The van der Waals surface area contributed by atoms with Gasteiger partial charge in [0.05, 0.1) is 38.6 Å². The number of aliphatic hydroxyl groups excluding tert-OH is 1. The van der Waals surface area contributed by atoms with Crippen molar-refractivity contribution in [2.24, 2.45) is 5.41 Å². The maximum atomic E-state index is 14.2. The van der Waals surface area contributed by atoms with E-state index in [1.807, 2.05) is 75.4 Å². The third-order valence-corrected chi connectivity index (χ3v) is 8.56. The molecule has 0 saturated carbocycles. The van der Waals surface area contributed by atoms with Crippen LogP contribution >= 0.6 is 0 Å². The Morgan fingerprint density at radius 3 is 2.28 bits per heavy atom. The molecule has 2 bridgehead atoms. The molecule has 15 nitrogen and oxygen atoms in total. The van der Waals surface area contributed by atoms with Gasteiger partial charge in [0.1, 0.15) is 23.8 Å². The monoisotopic (exact) mass is 688 g/mol. The lowest BCUT2D eigenvalue weighted by Crippen LogP contribution is -2.56. The van der Waals surface area contributed by atoms with Crippen LogP contribution in [0, 0.1) is 5.41 Å². The molecule has 15 heteroatoms. The number of carbonyl (C=O) groups is 5. The largest absolute Gasteiger partial charge is 0.391 e. The Hall–Kier alpha value is -5.15. The number of amides is 5. The molecule has 50 heavy (non-hydrogen) atoms. The van der Waals surface area contributed by atoms with Crippen LogP contribution in [0.5, 0.6) is 0 Å². The number of benzene rings is 2. The third-order valence-electron chi connectivity index (χ3n) is 8.56. The van der Waals surface area contributed by atoms with Crippen LogP contribution in [0.1, 0.15) is 44.5 Å². The van der Waals surface area contributed by atoms with Crippen molar-refractivity contribution in [3.05, 3.63) is 72.1 Å². The molecule has 1 unspecified atom stereocenters. The van der Waals surface area contributed by atoms with Crippen LogP contribution in [0.4, 0.5) is 0 Å². The zero-order valence-corrected chi connectivity index (χ0v) is 28.4. The number of aliphatic hydroxyl groups is 1. The molecule has 5 amide bonds. The van der Waals surface area contributed by atoms with E-state index in [2.05, 4.69) is 31.6 Å². The van der Waals surface area contributed by atoms with E-state index >= 15 is 0 Å². The van der Waals surface area contributed by atoms with E-state index in [9.17, 15) is 29.1 Å². The normalized spacial score (nSPS) is 23.4. The standard InChI is InChI=1S/C35H44N8O7/c1-35(2,3)31-34(49)42-20-26(44)16-28(42)33(48)39-27(15-22-9-11-24(12-10-22)23-7-5-4-6-8-23)32(47)38-18-30(46)37-17-29(45)36-13-14-50-21-25-19-43(31)41-40-25/h4-12,19,26-28,31,44H,13-18,20-21H2,1-3H3,(H,36,45)(H,37,46)(H,38,47)(H,39,48)/t26-,27-,28+,31?/m1/s1. The zero-order valence-electron chi connectivity index (χ0n) is 28.4. The van der Waals surface area contributed by atoms with E-state index in [-0.39, 0.29) is 45.7 Å². The zero-order chi connectivity index (χ0) is 35.8. The first-order valence-corrected chi connectivity index (χ1v) is 16.6. The van der Waals surface area contributed by atoms with E-state index in [4.69, 9.17) is 4.74 Å². The second kappa shape index (κ2) is 16.0. The molecule has 3 heterocycles. The highest BCUT2D eigenvalue weighted by atomic mass is 16.5. The van der Waals surface area contributed by atoms with Crippen LogP contribution in [-0.4, -0.2) is 106 Å². The SMILES string of the molecule is CC(C)(C)C1C(=O)N2C[C@H](O)C[C@H]2C(=O)N[C@H](Cc2ccc(-c3ccccc3)cc2)C(=O)NCC(=O)NCC(=O)NCCOCc2cn1nn2. The minimum Gasteiger partial charge on any atom is -0.391 e. The summed E-state index contributed by atoms with van der Waals surface area (Å²) in [6.45, 7) is 5.16. The molecule has 1 fully saturated rings. The minimum atomic E-state index is -1.13. The lowest BCUT2D eigenvalue weighted by molar-refractivity contribution is -0.144. The van der Waals surface area contributed by atoms with Crippen molar-refractivity contribution in [3.63, 3.8) is 0 Å². The van der Waals surface area contributed by atoms with Crippen LogP contribution in [0.3, 0.4) is 0 Å². The van der Waals surface area contributed by atoms with Gasteiger partial charge in [-0.05, 0) is 22.1 Å². The Kier molecular flexibility index (Phi) is 11.6. The minimum absolute atomic E-state index is 0.0323. The molecule has 4 atom stereocenters. The van der Waals surface area contributed by atoms with Gasteiger partial charge < -0.3 is 36.0 Å². The summed E-state index contributed by atoms with van der Waals surface area (Å²) in [5.74, 6) is -2.75. The molecule has 1 aromatic heterocycles. The van der Waals surface area contributed by atoms with Crippen molar-refractivity contribution in [1.29, 1.82) is 0 Å². The second-order valence-corrected chi connectivity index (χ2v) is 13.6. The number of hydrogen-bond donors (Lipinski definition) is 5. The average molecular weight is 689 g/mol. The van der Waals surface area contributed by atoms with Crippen LogP contribution < -0.4 is 21.3 Å². The fourth-order valence-corrected chi connectivity index (χ4v) is 6.06. The molecule has 2 aliphatic heterocycles. The van der Waals surface area contributed by atoms with Crippen LogP contribution in [0.25, 0.3) is 11.1 Å². The van der Waals surface area contributed by atoms with E-state index in [0.717, 1.165) is 16.7 Å². The number of aromatic nitrogens is 3. The molecule has 5 rings (SSSR count). The van der Waals surface area contributed by atoms with Gasteiger partial charge in [0.2, 0.25) is 29.5 Å². The third kappa shape index (κ3) is 9.30. The lowest BCUT2D eigenvalue weighted by atomic mass is 9.85. The topological polar surface area (TPSA) is 197 Å². The summed E-state index contributed by atoms with van der Waals surface area (Å²) >= 11 is 0. The first-order chi connectivity index (χ1) is 23.9. The smallest absolute Gasteiger partial charge is 0.248 e. The Balaban J connectivity index is 1.42. The van der Waals surface area contributed by atoms with Gasteiger partial charge in [-0.1, -0.05) is 80.6 Å².